The minimum Gasteiger partial charge on any atom is -0.388 e. The van der Waals surface area contributed by atoms with E-state index in [1.165, 1.54) is 11.8 Å². The van der Waals surface area contributed by atoms with E-state index in [1.54, 1.807) is 14.0 Å². The molecular weight excluding hydrogens is 158 g/mol. The Morgan fingerprint density at radius 1 is 1.73 bits per heavy atom. The van der Waals surface area contributed by atoms with Crippen molar-refractivity contribution in [2.24, 2.45) is 4.99 Å². The summed E-state index contributed by atoms with van der Waals surface area (Å²) < 4.78 is 0. The molecule has 0 amide bonds. The molecule has 0 fully saturated rings. The summed E-state index contributed by atoms with van der Waals surface area (Å²) in [4.78, 5) is 4.94. The van der Waals surface area contributed by atoms with Gasteiger partial charge in [-0.3, -0.25) is 4.99 Å². The average molecular weight is 169 g/mol. The molecule has 1 heterocycles. The van der Waals surface area contributed by atoms with Crippen LogP contribution in [0.15, 0.2) is 28.1 Å². The molecule has 0 spiro atoms. The van der Waals surface area contributed by atoms with Gasteiger partial charge >= 0.3 is 0 Å². The normalized spacial score (nSPS) is 24.1. The van der Waals surface area contributed by atoms with Crippen molar-refractivity contribution >= 4 is 16.8 Å². The maximum atomic E-state index is 9.20. The molecule has 3 heteroatoms. The Bertz CT molecular complexity index is 240. The molecule has 1 aliphatic heterocycles. The molecule has 1 rings (SSSR count). The smallest absolute Gasteiger partial charge is 0.101 e. The Morgan fingerprint density at radius 2 is 2.36 bits per heavy atom. The quantitative estimate of drug-likeness (QED) is 0.646. The predicted molar refractivity (Wildman–Crippen MR) is 49.9 cm³/mol. The molecule has 1 atom stereocenters. The van der Waals surface area contributed by atoms with E-state index < -0.39 is 6.10 Å². The second-order valence-electron chi connectivity index (χ2n) is 2.38. The fraction of sp³-hybridized carbons (Fsp3) is 0.375. The van der Waals surface area contributed by atoms with Gasteiger partial charge in [-0.15, -0.1) is 0 Å². The third-order valence-corrected chi connectivity index (χ3v) is 2.75. The number of allylic oxidation sites excluding steroid dienone is 1. The molecule has 0 saturated heterocycles. The van der Waals surface area contributed by atoms with Crippen molar-refractivity contribution in [2.75, 3.05) is 7.05 Å². The van der Waals surface area contributed by atoms with Gasteiger partial charge in [0.05, 0.1) is 6.10 Å². The van der Waals surface area contributed by atoms with Crippen LogP contribution in [0.2, 0.25) is 0 Å². The van der Waals surface area contributed by atoms with Crippen LogP contribution >= 0.6 is 11.8 Å². The average Bonchev–Trinajstić information content (AvgIpc) is 2.31. The minimum atomic E-state index is -0.406. The van der Waals surface area contributed by atoms with E-state index in [1.807, 2.05) is 6.08 Å². The monoisotopic (exact) mass is 169 g/mol. The van der Waals surface area contributed by atoms with E-state index >= 15 is 0 Å². The Labute approximate surface area is 70.7 Å². The molecule has 0 aliphatic carbocycles. The first kappa shape index (κ1) is 8.56. The molecule has 2 nitrogen and oxygen atoms in total. The largest absolute Gasteiger partial charge is 0.388 e. The zero-order valence-corrected chi connectivity index (χ0v) is 7.48. The highest BCUT2D eigenvalue weighted by Gasteiger charge is 2.18. The van der Waals surface area contributed by atoms with Gasteiger partial charge in [0.15, 0.2) is 0 Å². The lowest BCUT2D eigenvalue weighted by atomic mass is 10.2. The molecule has 0 saturated carbocycles. The van der Waals surface area contributed by atoms with Gasteiger partial charge in [0, 0.05) is 17.5 Å². The van der Waals surface area contributed by atoms with Gasteiger partial charge in [-0.05, 0) is 13.0 Å². The van der Waals surface area contributed by atoms with Crippen LogP contribution in [0.5, 0.6) is 0 Å². The van der Waals surface area contributed by atoms with Gasteiger partial charge in [0.25, 0.3) is 0 Å². The number of aliphatic hydroxyl groups excluding tert-OH is 1. The highest BCUT2D eigenvalue weighted by Crippen LogP contribution is 2.32. The molecule has 60 valence electrons. The Balaban J connectivity index is 2.79. The first-order valence-corrected chi connectivity index (χ1v) is 4.20. The summed E-state index contributed by atoms with van der Waals surface area (Å²) in [6.07, 6.45) is 1.47. The van der Waals surface area contributed by atoms with Gasteiger partial charge in [-0.2, -0.15) is 0 Å². The van der Waals surface area contributed by atoms with E-state index in [4.69, 9.17) is 0 Å². The molecule has 1 N–H and O–H groups in total. The Hall–Kier alpha value is -0.540. The zero-order valence-electron chi connectivity index (χ0n) is 6.66. The van der Waals surface area contributed by atoms with Crippen molar-refractivity contribution in [3.8, 4) is 0 Å². The first-order valence-electron chi connectivity index (χ1n) is 3.38. The third kappa shape index (κ3) is 1.73. The van der Waals surface area contributed by atoms with Crippen molar-refractivity contribution in [1.82, 2.24) is 0 Å². The standard InChI is InChI=1S/C8H11NOS/c1-5-4-7(6(2)10)11-8(5)9-3/h4,6,10H,1H2,2-3H3. The maximum Gasteiger partial charge on any atom is 0.101 e. The number of hydrogen-bond donors (Lipinski definition) is 1. The summed E-state index contributed by atoms with van der Waals surface area (Å²) in [5.74, 6) is 0. The fourth-order valence-electron chi connectivity index (χ4n) is 0.835. The third-order valence-electron chi connectivity index (χ3n) is 1.42. The van der Waals surface area contributed by atoms with Gasteiger partial charge in [-0.25, -0.2) is 0 Å². The Morgan fingerprint density at radius 3 is 2.64 bits per heavy atom. The van der Waals surface area contributed by atoms with Crippen LogP contribution in [0.1, 0.15) is 6.92 Å². The molecule has 0 aromatic carbocycles. The number of hydrogen-bond acceptors (Lipinski definition) is 3. The highest BCUT2D eigenvalue weighted by atomic mass is 32.2. The summed E-state index contributed by atoms with van der Waals surface area (Å²) in [6.45, 7) is 5.54. The molecular formula is C8H11NOS. The van der Waals surface area contributed by atoms with E-state index in [-0.39, 0.29) is 0 Å². The SMILES string of the molecule is C=C1C=C(C(C)O)SC1=NC. The van der Waals surface area contributed by atoms with Crippen LogP contribution in [0.25, 0.3) is 0 Å². The van der Waals surface area contributed by atoms with E-state index in [0.717, 1.165) is 15.5 Å². The number of rotatable bonds is 1. The predicted octanol–water partition coefficient (Wildman–Crippen LogP) is 1.58. The van der Waals surface area contributed by atoms with Crippen LogP contribution in [-0.2, 0) is 0 Å². The number of aliphatic hydroxyl groups is 1. The van der Waals surface area contributed by atoms with Crippen molar-refractivity contribution in [3.05, 3.63) is 23.1 Å². The minimum absolute atomic E-state index is 0.406. The zero-order chi connectivity index (χ0) is 8.43. The van der Waals surface area contributed by atoms with Crippen LogP contribution in [0.4, 0.5) is 0 Å². The number of nitrogens with zero attached hydrogens (tertiary/aromatic N) is 1. The first-order chi connectivity index (χ1) is 5.15. The summed E-state index contributed by atoms with van der Waals surface area (Å²) >= 11 is 1.49. The van der Waals surface area contributed by atoms with Crippen LogP contribution in [0.3, 0.4) is 0 Å². The van der Waals surface area contributed by atoms with Gasteiger partial charge in [-0.1, -0.05) is 18.3 Å². The molecule has 1 aliphatic rings. The highest BCUT2D eigenvalue weighted by molar-refractivity contribution is 8.18. The van der Waals surface area contributed by atoms with Crippen LogP contribution < -0.4 is 0 Å². The maximum absolute atomic E-state index is 9.20. The van der Waals surface area contributed by atoms with E-state index in [9.17, 15) is 5.11 Å². The number of aliphatic imine (C=N–C) groups is 1. The molecule has 0 bridgehead atoms. The Kier molecular flexibility index (Phi) is 2.52. The molecule has 11 heavy (non-hydrogen) atoms. The molecule has 1 unspecified atom stereocenters. The van der Waals surface area contributed by atoms with Crippen LogP contribution in [-0.4, -0.2) is 23.3 Å². The molecule has 0 aromatic rings. The van der Waals surface area contributed by atoms with Crippen LogP contribution in [0, 0.1) is 0 Å². The summed E-state index contributed by atoms with van der Waals surface area (Å²) in [7, 11) is 1.73. The van der Waals surface area contributed by atoms with Gasteiger partial charge < -0.3 is 5.11 Å². The second kappa shape index (κ2) is 3.24. The van der Waals surface area contributed by atoms with Crippen molar-refractivity contribution in [2.45, 2.75) is 13.0 Å². The lowest BCUT2D eigenvalue weighted by Gasteiger charge is -2.01. The second-order valence-corrected chi connectivity index (χ2v) is 3.44. The van der Waals surface area contributed by atoms with Crippen molar-refractivity contribution in [1.29, 1.82) is 0 Å². The summed E-state index contributed by atoms with van der Waals surface area (Å²) in [5.41, 5.74) is 0.897. The van der Waals surface area contributed by atoms with Crippen molar-refractivity contribution < 1.29 is 5.11 Å². The van der Waals surface area contributed by atoms with Gasteiger partial charge in [0.1, 0.15) is 5.04 Å². The van der Waals surface area contributed by atoms with Crippen molar-refractivity contribution in [3.63, 3.8) is 0 Å². The fourth-order valence-corrected chi connectivity index (χ4v) is 1.71. The summed E-state index contributed by atoms with van der Waals surface area (Å²) in [6, 6.07) is 0. The van der Waals surface area contributed by atoms with Gasteiger partial charge in [0.2, 0.25) is 0 Å². The number of thioether (sulfide) groups is 1. The van der Waals surface area contributed by atoms with E-state index in [0.29, 0.717) is 0 Å². The molecule has 0 aromatic heterocycles. The lowest BCUT2D eigenvalue weighted by Crippen LogP contribution is -1.99. The molecule has 0 radical (unpaired) electrons. The topological polar surface area (TPSA) is 32.6 Å². The lowest BCUT2D eigenvalue weighted by molar-refractivity contribution is 0.240. The van der Waals surface area contributed by atoms with E-state index in [2.05, 4.69) is 11.6 Å². The summed E-state index contributed by atoms with van der Waals surface area (Å²) in [5, 5.41) is 10.1.